The largest absolute Gasteiger partial charge is 0.496 e. The zero-order valence-electron chi connectivity index (χ0n) is 11.8. The minimum Gasteiger partial charge on any atom is -0.496 e. The van der Waals surface area contributed by atoms with Crippen molar-refractivity contribution in [1.82, 2.24) is 4.90 Å². The zero-order chi connectivity index (χ0) is 14.5. The second kappa shape index (κ2) is 6.29. The number of piperidine rings is 1. The van der Waals surface area contributed by atoms with Crippen molar-refractivity contribution in [1.29, 1.82) is 5.26 Å². The first-order valence-corrected chi connectivity index (χ1v) is 6.74. The number of hydrogen-bond acceptors (Lipinski definition) is 3. The third kappa shape index (κ3) is 3.21. The molecular weight excluding hydrogens is 254 g/mol. The van der Waals surface area contributed by atoms with E-state index in [0.29, 0.717) is 13.1 Å². The summed E-state index contributed by atoms with van der Waals surface area (Å²) in [6.45, 7) is 3.22. The molecule has 1 fully saturated rings. The van der Waals surface area contributed by atoms with Crippen molar-refractivity contribution in [3.05, 3.63) is 23.8 Å². The van der Waals surface area contributed by atoms with Crippen molar-refractivity contribution in [3.8, 4) is 11.8 Å². The number of nitriles is 1. The van der Waals surface area contributed by atoms with Gasteiger partial charge in [0.25, 0.3) is 0 Å². The van der Waals surface area contributed by atoms with Gasteiger partial charge in [-0.3, -0.25) is 0 Å². The Labute approximate surface area is 119 Å². The quantitative estimate of drug-likeness (QED) is 0.901. The Hall–Kier alpha value is -2.22. The molecule has 0 saturated carbocycles. The predicted octanol–water partition coefficient (Wildman–Crippen LogP) is 2.77. The molecule has 2 rings (SSSR count). The van der Waals surface area contributed by atoms with Gasteiger partial charge in [0.05, 0.1) is 13.2 Å². The standard InChI is InChI=1S/C15H19N3O2/c1-11-3-4-13(9-14(11)20-2)17-15(19)18-7-5-12(10-16)6-8-18/h3-4,9,12H,5-8H2,1-2H3,(H,17,19). The molecule has 1 N–H and O–H groups in total. The highest BCUT2D eigenvalue weighted by Crippen LogP contribution is 2.23. The monoisotopic (exact) mass is 273 g/mol. The molecule has 1 aromatic rings. The summed E-state index contributed by atoms with van der Waals surface area (Å²) in [4.78, 5) is 13.9. The van der Waals surface area contributed by atoms with Gasteiger partial charge in [0.1, 0.15) is 5.75 Å². The number of benzene rings is 1. The van der Waals surface area contributed by atoms with Crippen LogP contribution in [0.15, 0.2) is 18.2 Å². The molecular formula is C15H19N3O2. The Balaban J connectivity index is 1.97. The zero-order valence-corrected chi connectivity index (χ0v) is 11.8. The van der Waals surface area contributed by atoms with Crippen LogP contribution in [0.1, 0.15) is 18.4 Å². The van der Waals surface area contributed by atoms with E-state index in [1.807, 2.05) is 25.1 Å². The first-order valence-electron chi connectivity index (χ1n) is 6.74. The number of urea groups is 1. The van der Waals surface area contributed by atoms with Crippen LogP contribution in [0, 0.1) is 24.2 Å². The Morgan fingerprint density at radius 1 is 1.45 bits per heavy atom. The molecule has 0 unspecified atom stereocenters. The van der Waals surface area contributed by atoms with E-state index in [1.54, 1.807) is 12.0 Å². The summed E-state index contributed by atoms with van der Waals surface area (Å²) in [5.74, 6) is 0.838. The van der Waals surface area contributed by atoms with Crippen LogP contribution < -0.4 is 10.1 Å². The summed E-state index contributed by atoms with van der Waals surface area (Å²) in [5.41, 5.74) is 1.75. The summed E-state index contributed by atoms with van der Waals surface area (Å²) >= 11 is 0. The van der Waals surface area contributed by atoms with E-state index >= 15 is 0 Å². The fourth-order valence-electron chi connectivity index (χ4n) is 2.31. The number of methoxy groups -OCH3 is 1. The Morgan fingerprint density at radius 3 is 2.75 bits per heavy atom. The molecule has 1 heterocycles. The molecule has 2 amide bonds. The van der Waals surface area contributed by atoms with Gasteiger partial charge in [-0.05, 0) is 31.4 Å². The summed E-state index contributed by atoms with van der Waals surface area (Å²) in [5, 5.41) is 11.7. The van der Waals surface area contributed by atoms with Crippen LogP contribution >= 0.6 is 0 Å². The van der Waals surface area contributed by atoms with Gasteiger partial charge in [-0.15, -0.1) is 0 Å². The Kier molecular flexibility index (Phi) is 4.46. The molecule has 106 valence electrons. The molecule has 1 aliphatic heterocycles. The van der Waals surface area contributed by atoms with E-state index in [1.165, 1.54) is 0 Å². The van der Waals surface area contributed by atoms with Gasteiger partial charge in [0.15, 0.2) is 0 Å². The van der Waals surface area contributed by atoms with Crippen LogP contribution in [0.2, 0.25) is 0 Å². The highest BCUT2D eigenvalue weighted by atomic mass is 16.5. The summed E-state index contributed by atoms with van der Waals surface area (Å²) in [6, 6.07) is 7.73. The summed E-state index contributed by atoms with van der Waals surface area (Å²) < 4.78 is 5.24. The maximum absolute atomic E-state index is 12.1. The van der Waals surface area contributed by atoms with Crippen LogP contribution in [-0.2, 0) is 0 Å². The lowest BCUT2D eigenvalue weighted by molar-refractivity contribution is 0.192. The molecule has 20 heavy (non-hydrogen) atoms. The highest BCUT2D eigenvalue weighted by Gasteiger charge is 2.22. The highest BCUT2D eigenvalue weighted by molar-refractivity contribution is 5.89. The normalized spacial score (nSPS) is 15.6. The molecule has 5 nitrogen and oxygen atoms in total. The third-order valence-corrected chi connectivity index (χ3v) is 3.62. The first-order chi connectivity index (χ1) is 9.63. The van der Waals surface area contributed by atoms with Crippen molar-refractivity contribution in [3.63, 3.8) is 0 Å². The number of hydrogen-bond donors (Lipinski definition) is 1. The van der Waals surface area contributed by atoms with Crippen LogP contribution in [-0.4, -0.2) is 31.1 Å². The molecule has 0 radical (unpaired) electrons. The van der Waals surface area contributed by atoms with Crippen LogP contribution in [0.25, 0.3) is 0 Å². The van der Waals surface area contributed by atoms with Crippen LogP contribution in [0.3, 0.4) is 0 Å². The molecule has 0 aromatic heterocycles. The summed E-state index contributed by atoms with van der Waals surface area (Å²) in [6.07, 6.45) is 1.50. The Bertz CT molecular complexity index is 528. The van der Waals surface area contributed by atoms with Gasteiger partial charge >= 0.3 is 6.03 Å². The SMILES string of the molecule is COc1cc(NC(=O)N2CCC(C#N)CC2)ccc1C. The number of likely N-dealkylation sites (tertiary alicyclic amines) is 1. The predicted molar refractivity (Wildman–Crippen MR) is 76.7 cm³/mol. The second-order valence-corrected chi connectivity index (χ2v) is 5.00. The molecule has 0 spiro atoms. The minimum atomic E-state index is -0.118. The minimum absolute atomic E-state index is 0.0820. The molecule has 0 aliphatic carbocycles. The fourth-order valence-corrected chi connectivity index (χ4v) is 2.31. The van der Waals surface area contributed by atoms with Crippen molar-refractivity contribution in [2.75, 3.05) is 25.5 Å². The lowest BCUT2D eigenvalue weighted by Gasteiger charge is -2.29. The molecule has 1 aromatic carbocycles. The Morgan fingerprint density at radius 2 is 2.15 bits per heavy atom. The lowest BCUT2D eigenvalue weighted by atomic mass is 9.99. The average molecular weight is 273 g/mol. The van der Waals surface area contributed by atoms with E-state index in [0.717, 1.165) is 29.8 Å². The smallest absolute Gasteiger partial charge is 0.321 e. The van der Waals surface area contributed by atoms with E-state index < -0.39 is 0 Å². The van der Waals surface area contributed by atoms with Crippen molar-refractivity contribution in [2.45, 2.75) is 19.8 Å². The van der Waals surface area contributed by atoms with Crippen LogP contribution in [0.4, 0.5) is 10.5 Å². The molecule has 0 bridgehead atoms. The second-order valence-electron chi connectivity index (χ2n) is 5.00. The van der Waals surface area contributed by atoms with Gasteiger partial charge in [-0.2, -0.15) is 5.26 Å². The number of aryl methyl sites for hydroxylation is 1. The number of nitrogens with zero attached hydrogens (tertiary/aromatic N) is 2. The molecule has 1 aliphatic rings. The number of carbonyl (C=O) groups excluding carboxylic acids is 1. The number of rotatable bonds is 2. The molecule has 0 atom stereocenters. The lowest BCUT2D eigenvalue weighted by Crippen LogP contribution is -2.40. The van der Waals surface area contributed by atoms with E-state index in [2.05, 4.69) is 11.4 Å². The van der Waals surface area contributed by atoms with E-state index in [-0.39, 0.29) is 11.9 Å². The number of nitrogens with one attached hydrogen (secondary N) is 1. The van der Waals surface area contributed by atoms with Crippen LogP contribution in [0.5, 0.6) is 5.75 Å². The fraction of sp³-hybridized carbons (Fsp3) is 0.467. The third-order valence-electron chi connectivity index (χ3n) is 3.62. The topological polar surface area (TPSA) is 65.4 Å². The molecule has 5 heteroatoms. The number of amides is 2. The first kappa shape index (κ1) is 14.2. The van der Waals surface area contributed by atoms with Gasteiger partial charge in [-0.1, -0.05) is 6.07 Å². The van der Waals surface area contributed by atoms with Gasteiger partial charge in [-0.25, -0.2) is 4.79 Å². The number of carbonyl (C=O) groups is 1. The van der Waals surface area contributed by atoms with E-state index in [9.17, 15) is 4.79 Å². The maximum atomic E-state index is 12.1. The van der Waals surface area contributed by atoms with Crippen molar-refractivity contribution in [2.24, 2.45) is 5.92 Å². The number of anilines is 1. The maximum Gasteiger partial charge on any atom is 0.321 e. The van der Waals surface area contributed by atoms with Crippen molar-refractivity contribution >= 4 is 11.7 Å². The van der Waals surface area contributed by atoms with Crippen molar-refractivity contribution < 1.29 is 9.53 Å². The molecule has 1 saturated heterocycles. The average Bonchev–Trinajstić information content (AvgIpc) is 2.49. The van der Waals surface area contributed by atoms with Gasteiger partial charge in [0, 0.05) is 30.8 Å². The van der Waals surface area contributed by atoms with Gasteiger partial charge < -0.3 is 15.0 Å². The number of ether oxygens (including phenoxy) is 1. The summed E-state index contributed by atoms with van der Waals surface area (Å²) in [7, 11) is 1.61. The van der Waals surface area contributed by atoms with E-state index in [4.69, 9.17) is 10.00 Å². The van der Waals surface area contributed by atoms with Gasteiger partial charge in [0.2, 0.25) is 0 Å².